The van der Waals surface area contributed by atoms with Crippen molar-refractivity contribution in [3.8, 4) is 11.5 Å². The van der Waals surface area contributed by atoms with Gasteiger partial charge in [0.05, 0.1) is 37.6 Å². The van der Waals surface area contributed by atoms with Gasteiger partial charge in [-0.15, -0.1) is 5.10 Å². The normalized spacial score (nSPS) is 16.1. The Kier molecular flexibility index (Phi) is 8.66. The number of amides is 1. The van der Waals surface area contributed by atoms with Crippen molar-refractivity contribution in [2.45, 2.75) is 20.4 Å². The van der Waals surface area contributed by atoms with Gasteiger partial charge < -0.3 is 13.9 Å². The number of ether oxygens (including phenoxy) is 2. The van der Waals surface area contributed by atoms with Gasteiger partial charge in [0, 0.05) is 4.47 Å². The van der Waals surface area contributed by atoms with E-state index >= 15 is 0 Å². The first-order valence-electron chi connectivity index (χ1n) is 11.3. The molecule has 7 nitrogen and oxygen atoms in total. The Morgan fingerprint density at radius 2 is 1.89 bits per heavy atom. The second-order valence-electron chi connectivity index (χ2n) is 8.38. The predicted molar refractivity (Wildman–Crippen MR) is 147 cm³/mol. The highest BCUT2D eigenvalue weighted by Gasteiger charge is 2.34. The Labute approximate surface area is 223 Å². The number of methoxy groups -OCH3 is 1. The van der Waals surface area contributed by atoms with Crippen LogP contribution >= 0.6 is 27.7 Å². The van der Waals surface area contributed by atoms with E-state index in [1.165, 1.54) is 11.8 Å². The van der Waals surface area contributed by atoms with Crippen molar-refractivity contribution in [2.75, 3.05) is 13.7 Å². The van der Waals surface area contributed by atoms with E-state index in [9.17, 15) is 4.79 Å². The highest BCUT2D eigenvalue weighted by Crippen LogP contribution is 2.34. The number of nitrogens with zero attached hydrogens (tertiary/aromatic N) is 3. The maximum atomic E-state index is 13.2. The van der Waals surface area contributed by atoms with E-state index in [1.54, 1.807) is 30.6 Å². The van der Waals surface area contributed by atoms with E-state index in [0.717, 1.165) is 15.6 Å². The maximum Gasteiger partial charge on any atom is 0.267 e. The molecule has 0 bridgehead atoms. The summed E-state index contributed by atoms with van der Waals surface area (Å²) in [4.78, 5) is 15.3. The predicted octanol–water partition coefficient (Wildman–Crippen LogP) is 6.59. The molecule has 0 aliphatic carbocycles. The number of furan rings is 1. The third kappa shape index (κ3) is 6.67. The lowest BCUT2D eigenvalue weighted by Gasteiger charge is -2.13. The fourth-order valence-corrected chi connectivity index (χ4v) is 4.48. The van der Waals surface area contributed by atoms with Gasteiger partial charge in [-0.25, -0.2) is 0 Å². The van der Waals surface area contributed by atoms with Crippen molar-refractivity contribution in [2.24, 2.45) is 16.1 Å². The largest absolute Gasteiger partial charge is 0.493 e. The summed E-state index contributed by atoms with van der Waals surface area (Å²) in [6.45, 7) is 5.05. The van der Waals surface area contributed by atoms with Crippen LogP contribution in [0.3, 0.4) is 0 Å². The van der Waals surface area contributed by atoms with Crippen LogP contribution in [0.5, 0.6) is 11.5 Å². The SMILES string of the molecule is COc1cc(/C=N\N=C2\S/C(=C\c3ccc(Br)cc3)C(=O)N2Cc2ccco2)ccc1OCC(C)C. The zero-order valence-electron chi connectivity index (χ0n) is 20.2. The Bertz CT molecular complexity index is 1280. The standard InChI is InChI=1S/C27H26BrN3O4S/c1-18(2)17-35-23-11-8-20(13-24(23)33-3)15-29-30-27-31(16-22-5-4-12-34-22)26(32)25(36-27)14-19-6-9-21(28)10-7-19/h4-15,18H,16-17H2,1-3H3/b25-14-,29-15-,30-27+. The van der Waals surface area contributed by atoms with Gasteiger partial charge in [-0.3, -0.25) is 9.69 Å². The summed E-state index contributed by atoms with van der Waals surface area (Å²) in [5.41, 5.74) is 1.72. The molecule has 0 N–H and O–H groups in total. The summed E-state index contributed by atoms with van der Waals surface area (Å²) in [6.07, 6.45) is 5.05. The molecule has 1 aliphatic heterocycles. The van der Waals surface area contributed by atoms with Gasteiger partial charge in [0.2, 0.25) is 0 Å². The lowest BCUT2D eigenvalue weighted by molar-refractivity contribution is -0.122. The lowest BCUT2D eigenvalue weighted by Crippen LogP contribution is -2.28. The number of thioether (sulfide) groups is 1. The first kappa shape index (κ1) is 25.8. The summed E-state index contributed by atoms with van der Waals surface area (Å²) in [6, 6.07) is 16.9. The van der Waals surface area contributed by atoms with E-state index in [4.69, 9.17) is 13.9 Å². The Balaban J connectivity index is 1.56. The van der Waals surface area contributed by atoms with Crippen molar-refractivity contribution >= 4 is 51.1 Å². The van der Waals surface area contributed by atoms with Gasteiger partial charge in [-0.2, -0.15) is 5.10 Å². The Morgan fingerprint density at radius 3 is 2.58 bits per heavy atom. The molecule has 2 aromatic carbocycles. The summed E-state index contributed by atoms with van der Waals surface area (Å²) in [5, 5.41) is 9.10. The van der Waals surface area contributed by atoms with Crippen LogP contribution in [0.1, 0.15) is 30.7 Å². The van der Waals surface area contributed by atoms with Gasteiger partial charge in [-0.05, 0) is 77.3 Å². The average Bonchev–Trinajstić information content (AvgIpc) is 3.48. The number of benzene rings is 2. The Hall–Kier alpha value is -3.30. The number of rotatable bonds is 9. The summed E-state index contributed by atoms with van der Waals surface area (Å²) in [7, 11) is 1.60. The van der Waals surface area contributed by atoms with E-state index in [-0.39, 0.29) is 12.5 Å². The second kappa shape index (κ2) is 12.1. The molecule has 0 spiro atoms. The molecular weight excluding hydrogens is 542 g/mol. The fraction of sp³-hybridized carbons (Fsp3) is 0.222. The number of hydrogen-bond donors (Lipinski definition) is 0. The molecule has 4 rings (SSSR count). The van der Waals surface area contributed by atoms with Crippen LogP contribution in [0.4, 0.5) is 0 Å². The van der Waals surface area contributed by atoms with Crippen molar-refractivity contribution < 1.29 is 18.7 Å². The van der Waals surface area contributed by atoms with Crippen molar-refractivity contribution in [3.63, 3.8) is 0 Å². The molecular formula is C27H26BrN3O4S. The van der Waals surface area contributed by atoms with Crippen molar-refractivity contribution in [3.05, 3.63) is 87.1 Å². The minimum atomic E-state index is -0.151. The van der Waals surface area contributed by atoms with E-state index in [0.29, 0.717) is 39.9 Å². The highest BCUT2D eigenvalue weighted by atomic mass is 79.9. The molecule has 3 aromatic rings. The van der Waals surface area contributed by atoms with E-state index in [2.05, 4.69) is 40.0 Å². The third-order valence-corrected chi connectivity index (χ3v) is 6.59. The lowest BCUT2D eigenvalue weighted by atomic mass is 10.2. The molecule has 0 unspecified atom stereocenters. The van der Waals surface area contributed by atoms with Crippen LogP contribution in [-0.4, -0.2) is 35.9 Å². The topological polar surface area (TPSA) is 76.6 Å². The van der Waals surface area contributed by atoms with Gasteiger partial charge in [0.1, 0.15) is 5.76 Å². The van der Waals surface area contributed by atoms with Crippen LogP contribution < -0.4 is 9.47 Å². The quantitative estimate of drug-likeness (QED) is 0.165. The first-order chi connectivity index (χ1) is 17.4. The molecule has 186 valence electrons. The molecule has 1 amide bonds. The number of hydrogen-bond acceptors (Lipinski definition) is 7. The molecule has 0 saturated carbocycles. The number of halogens is 1. The second-order valence-corrected chi connectivity index (χ2v) is 10.3. The van der Waals surface area contributed by atoms with Gasteiger partial charge >= 0.3 is 0 Å². The van der Waals surface area contributed by atoms with Gasteiger partial charge in [0.25, 0.3) is 5.91 Å². The Morgan fingerprint density at radius 1 is 1.11 bits per heavy atom. The molecule has 0 radical (unpaired) electrons. The summed E-state index contributed by atoms with van der Waals surface area (Å²) in [5.74, 6) is 2.22. The van der Waals surface area contributed by atoms with Crippen LogP contribution in [0.15, 0.2) is 84.9 Å². The maximum absolute atomic E-state index is 13.2. The molecule has 2 heterocycles. The smallest absolute Gasteiger partial charge is 0.267 e. The number of carbonyl (C=O) groups is 1. The molecule has 36 heavy (non-hydrogen) atoms. The number of amidine groups is 1. The van der Waals surface area contributed by atoms with Crippen molar-refractivity contribution in [1.82, 2.24) is 4.90 Å². The van der Waals surface area contributed by atoms with Crippen molar-refractivity contribution in [1.29, 1.82) is 0 Å². The molecule has 1 aromatic heterocycles. The highest BCUT2D eigenvalue weighted by molar-refractivity contribution is 9.10. The monoisotopic (exact) mass is 567 g/mol. The zero-order chi connectivity index (χ0) is 25.5. The number of carbonyl (C=O) groups excluding carboxylic acids is 1. The van der Waals surface area contributed by atoms with Crippen LogP contribution in [-0.2, 0) is 11.3 Å². The van der Waals surface area contributed by atoms with E-state index < -0.39 is 0 Å². The van der Waals surface area contributed by atoms with Crippen LogP contribution in [0.25, 0.3) is 6.08 Å². The first-order valence-corrected chi connectivity index (χ1v) is 12.9. The molecule has 1 fully saturated rings. The van der Waals surface area contributed by atoms with Crippen LogP contribution in [0.2, 0.25) is 0 Å². The van der Waals surface area contributed by atoms with Gasteiger partial charge in [0.15, 0.2) is 16.7 Å². The minimum absolute atomic E-state index is 0.151. The third-order valence-electron chi connectivity index (χ3n) is 5.06. The molecule has 1 saturated heterocycles. The minimum Gasteiger partial charge on any atom is -0.493 e. The molecule has 9 heteroatoms. The average molecular weight is 568 g/mol. The summed E-state index contributed by atoms with van der Waals surface area (Å²) < 4.78 is 17.7. The van der Waals surface area contributed by atoms with Crippen LogP contribution in [0, 0.1) is 5.92 Å². The molecule has 0 atom stereocenters. The molecule has 1 aliphatic rings. The van der Waals surface area contributed by atoms with E-state index in [1.807, 2.05) is 54.6 Å². The van der Waals surface area contributed by atoms with Gasteiger partial charge in [-0.1, -0.05) is 41.9 Å². The zero-order valence-corrected chi connectivity index (χ0v) is 22.6. The summed E-state index contributed by atoms with van der Waals surface area (Å²) >= 11 is 4.71. The fourth-order valence-electron chi connectivity index (χ4n) is 3.28.